The van der Waals surface area contributed by atoms with E-state index in [4.69, 9.17) is 10.5 Å². The van der Waals surface area contributed by atoms with Crippen LogP contribution in [0.2, 0.25) is 0 Å². The predicted molar refractivity (Wildman–Crippen MR) is 122 cm³/mol. The van der Waals surface area contributed by atoms with Gasteiger partial charge in [-0.25, -0.2) is 8.78 Å². The number of carbonyl (C=O) groups excluding carboxylic acids is 2. The minimum absolute atomic E-state index is 0.0439. The molecule has 32 heavy (non-hydrogen) atoms. The quantitative estimate of drug-likeness (QED) is 0.598. The Labute approximate surface area is 189 Å². The number of hydrogen-bond acceptors (Lipinski definition) is 5. The van der Waals surface area contributed by atoms with Crippen LogP contribution >= 0.6 is 0 Å². The third kappa shape index (κ3) is 7.21. The molecule has 0 radical (unpaired) electrons. The van der Waals surface area contributed by atoms with E-state index in [1.807, 2.05) is 0 Å². The van der Waals surface area contributed by atoms with Crippen LogP contribution in [0.5, 0.6) is 0 Å². The second-order valence-corrected chi connectivity index (χ2v) is 9.80. The van der Waals surface area contributed by atoms with E-state index < -0.39 is 12.5 Å². The fourth-order valence-electron chi connectivity index (χ4n) is 3.85. The van der Waals surface area contributed by atoms with Crippen molar-refractivity contribution in [3.05, 3.63) is 23.8 Å². The molecule has 1 saturated heterocycles. The topological polar surface area (TPSA) is 87.9 Å². The van der Waals surface area contributed by atoms with Crippen LogP contribution in [-0.2, 0) is 14.3 Å². The summed E-state index contributed by atoms with van der Waals surface area (Å²) in [5.74, 6) is -0.382. The highest BCUT2D eigenvalue weighted by Crippen LogP contribution is 2.33. The van der Waals surface area contributed by atoms with Crippen molar-refractivity contribution in [2.75, 3.05) is 49.6 Å². The van der Waals surface area contributed by atoms with Crippen LogP contribution in [0.1, 0.15) is 46.6 Å². The van der Waals surface area contributed by atoms with Gasteiger partial charge in [-0.3, -0.25) is 14.5 Å². The molecule has 0 aliphatic carbocycles. The van der Waals surface area contributed by atoms with Gasteiger partial charge in [0.05, 0.1) is 12.3 Å². The number of nitrogens with zero attached hydrogens (tertiary/aromatic N) is 2. The Kier molecular flexibility index (Phi) is 9.12. The maximum absolute atomic E-state index is 13.8. The Morgan fingerprint density at radius 1 is 1.31 bits per heavy atom. The summed E-state index contributed by atoms with van der Waals surface area (Å²) in [6, 6.07) is 3.61. The number of amides is 2. The Balaban J connectivity index is 2.26. The predicted octanol–water partition coefficient (Wildman–Crippen LogP) is 3.26. The Hall–Kier alpha value is -2.10. The first-order valence-corrected chi connectivity index (χ1v) is 11.0. The van der Waals surface area contributed by atoms with Crippen LogP contribution < -0.4 is 16.0 Å². The zero-order valence-corrected chi connectivity index (χ0v) is 19.7. The smallest absolute Gasteiger partial charge is 0.265 e. The van der Waals surface area contributed by atoms with Gasteiger partial charge in [-0.15, -0.1) is 0 Å². The van der Waals surface area contributed by atoms with Crippen molar-refractivity contribution < 1.29 is 23.1 Å². The maximum Gasteiger partial charge on any atom is 0.265 e. The first-order chi connectivity index (χ1) is 14.9. The van der Waals surface area contributed by atoms with Gasteiger partial charge in [0.25, 0.3) is 12.3 Å². The molecule has 1 atom stereocenters. The number of hydrogen-bond donors (Lipinski definition) is 2. The molecule has 1 aromatic carbocycles. The number of ether oxygens (including phenoxy) is 1. The van der Waals surface area contributed by atoms with E-state index in [9.17, 15) is 18.4 Å². The molecule has 0 unspecified atom stereocenters. The molecule has 9 heteroatoms. The van der Waals surface area contributed by atoms with Gasteiger partial charge in [0.2, 0.25) is 5.91 Å². The zero-order chi connectivity index (χ0) is 24.1. The molecule has 2 rings (SSSR count). The fraction of sp³-hybridized carbons (Fsp3) is 0.652. The van der Waals surface area contributed by atoms with Crippen molar-refractivity contribution in [1.82, 2.24) is 4.90 Å². The third-order valence-electron chi connectivity index (χ3n) is 5.05. The van der Waals surface area contributed by atoms with E-state index in [1.165, 1.54) is 23.1 Å². The van der Waals surface area contributed by atoms with E-state index in [0.717, 1.165) is 0 Å². The van der Waals surface area contributed by atoms with Crippen molar-refractivity contribution in [2.24, 2.45) is 17.1 Å². The molecule has 1 aromatic rings. The van der Waals surface area contributed by atoms with E-state index >= 15 is 0 Å². The van der Waals surface area contributed by atoms with Crippen molar-refractivity contribution in [3.8, 4) is 0 Å². The molecule has 180 valence electrons. The monoisotopic (exact) mass is 454 g/mol. The summed E-state index contributed by atoms with van der Waals surface area (Å²) >= 11 is 0. The lowest BCUT2D eigenvalue weighted by Gasteiger charge is -2.36. The number of halogens is 2. The van der Waals surface area contributed by atoms with E-state index in [-0.39, 0.29) is 60.5 Å². The highest BCUT2D eigenvalue weighted by molar-refractivity contribution is 5.97. The summed E-state index contributed by atoms with van der Waals surface area (Å²) in [4.78, 5) is 28.5. The lowest BCUT2D eigenvalue weighted by Crippen LogP contribution is -2.52. The summed E-state index contributed by atoms with van der Waals surface area (Å²) in [6.45, 7) is 12.2. The number of carbonyl (C=O) groups is 2. The lowest BCUT2D eigenvalue weighted by molar-refractivity contribution is -0.125. The van der Waals surface area contributed by atoms with Crippen LogP contribution in [0.25, 0.3) is 0 Å². The standard InChI is InChI=1S/C23H36F2N4O3/c1-15(2)12-28(14-23(3,4)5)19(11-26)22(31)27-16-6-7-18(17(10-16)21(24)25)29-8-9-32-13-20(29)30/h6-7,10,15,19,21H,8-9,11-14,26H2,1-5H3,(H,27,31)/t19-/m0/s1. The molecule has 1 aliphatic rings. The van der Waals surface area contributed by atoms with Crippen LogP contribution in [0, 0.1) is 11.3 Å². The summed E-state index contributed by atoms with van der Waals surface area (Å²) < 4.78 is 32.7. The molecular formula is C23H36F2N4O3. The molecule has 7 nitrogen and oxygen atoms in total. The molecule has 1 aliphatic heterocycles. The molecule has 1 heterocycles. The first kappa shape index (κ1) is 26.2. The largest absolute Gasteiger partial charge is 0.370 e. The number of nitrogens with two attached hydrogens (primary N) is 1. The number of anilines is 2. The Morgan fingerprint density at radius 3 is 2.53 bits per heavy atom. The third-order valence-corrected chi connectivity index (χ3v) is 5.05. The molecule has 0 saturated carbocycles. The van der Waals surface area contributed by atoms with Crippen molar-refractivity contribution in [2.45, 2.75) is 47.1 Å². The molecular weight excluding hydrogens is 418 g/mol. The van der Waals surface area contributed by atoms with Crippen molar-refractivity contribution in [1.29, 1.82) is 0 Å². The van der Waals surface area contributed by atoms with Gasteiger partial charge in [0.1, 0.15) is 12.6 Å². The SMILES string of the molecule is CC(C)CN(CC(C)(C)C)[C@@H](CN)C(=O)Nc1ccc(N2CCOCC2=O)c(C(F)F)c1. The van der Waals surface area contributed by atoms with E-state index in [1.54, 1.807) is 0 Å². The van der Waals surface area contributed by atoms with Crippen molar-refractivity contribution in [3.63, 3.8) is 0 Å². The van der Waals surface area contributed by atoms with Crippen LogP contribution in [-0.4, -0.2) is 62.1 Å². The van der Waals surface area contributed by atoms with Crippen LogP contribution in [0.15, 0.2) is 18.2 Å². The summed E-state index contributed by atoms with van der Waals surface area (Å²) in [7, 11) is 0. The van der Waals surface area contributed by atoms with Crippen LogP contribution in [0.4, 0.5) is 20.2 Å². The number of benzene rings is 1. The van der Waals surface area contributed by atoms with Gasteiger partial charge in [-0.05, 0) is 29.5 Å². The van der Waals surface area contributed by atoms with E-state index in [0.29, 0.717) is 19.0 Å². The fourth-order valence-corrected chi connectivity index (χ4v) is 3.85. The van der Waals surface area contributed by atoms with Gasteiger partial charge in [-0.2, -0.15) is 0 Å². The average Bonchev–Trinajstić information content (AvgIpc) is 2.67. The van der Waals surface area contributed by atoms with Gasteiger partial charge >= 0.3 is 0 Å². The summed E-state index contributed by atoms with van der Waals surface area (Å²) in [5, 5.41) is 2.75. The number of nitrogens with one attached hydrogen (secondary N) is 1. The minimum atomic E-state index is -2.80. The highest BCUT2D eigenvalue weighted by atomic mass is 19.3. The highest BCUT2D eigenvalue weighted by Gasteiger charge is 2.30. The first-order valence-electron chi connectivity index (χ1n) is 11.0. The van der Waals surface area contributed by atoms with Gasteiger partial charge < -0.3 is 20.7 Å². The molecule has 0 aromatic heterocycles. The number of morpholine rings is 1. The normalized spacial score (nSPS) is 16.2. The van der Waals surface area contributed by atoms with Crippen LogP contribution in [0.3, 0.4) is 0 Å². The van der Waals surface area contributed by atoms with Gasteiger partial charge in [0.15, 0.2) is 0 Å². The Morgan fingerprint density at radius 2 is 2.00 bits per heavy atom. The molecule has 0 spiro atoms. The minimum Gasteiger partial charge on any atom is -0.370 e. The lowest BCUT2D eigenvalue weighted by atomic mass is 9.94. The van der Waals surface area contributed by atoms with Gasteiger partial charge in [-0.1, -0.05) is 34.6 Å². The second kappa shape index (κ2) is 11.2. The summed E-state index contributed by atoms with van der Waals surface area (Å²) in [6.07, 6.45) is -2.80. The molecule has 0 bridgehead atoms. The maximum atomic E-state index is 13.8. The summed E-state index contributed by atoms with van der Waals surface area (Å²) in [5.41, 5.74) is 5.99. The van der Waals surface area contributed by atoms with Crippen molar-refractivity contribution >= 4 is 23.2 Å². The molecule has 3 N–H and O–H groups in total. The number of alkyl halides is 2. The van der Waals surface area contributed by atoms with Gasteiger partial charge in [0, 0.05) is 37.4 Å². The zero-order valence-electron chi connectivity index (χ0n) is 19.7. The second-order valence-electron chi connectivity index (χ2n) is 9.80. The molecule has 1 fully saturated rings. The number of rotatable bonds is 9. The van der Waals surface area contributed by atoms with E-state index in [2.05, 4.69) is 44.8 Å². The average molecular weight is 455 g/mol. The molecule has 2 amide bonds. The Bertz CT molecular complexity index is 796.